The summed E-state index contributed by atoms with van der Waals surface area (Å²) in [6, 6.07) is -1.01. The van der Waals surface area contributed by atoms with Crippen LogP contribution in [0.5, 0.6) is 0 Å². The highest BCUT2D eigenvalue weighted by molar-refractivity contribution is 5.86. The average molecular weight is 232 g/mol. The van der Waals surface area contributed by atoms with Crippen molar-refractivity contribution in [1.82, 2.24) is 4.90 Å². The zero-order chi connectivity index (χ0) is 12.7. The Labute approximate surface area is 95.4 Å². The van der Waals surface area contributed by atoms with Gasteiger partial charge in [-0.25, -0.2) is 0 Å². The third-order valence-electron chi connectivity index (χ3n) is 2.15. The van der Waals surface area contributed by atoms with Gasteiger partial charge in [0.2, 0.25) is 5.91 Å². The van der Waals surface area contributed by atoms with Crippen LogP contribution in [0.1, 0.15) is 20.3 Å². The van der Waals surface area contributed by atoms with Crippen LogP contribution in [-0.2, 0) is 14.3 Å². The van der Waals surface area contributed by atoms with Crippen molar-refractivity contribution in [2.45, 2.75) is 32.4 Å². The van der Waals surface area contributed by atoms with Gasteiger partial charge in [0.15, 0.2) is 0 Å². The Kier molecular flexibility index (Phi) is 6.67. The van der Waals surface area contributed by atoms with Crippen LogP contribution in [0.25, 0.3) is 0 Å². The highest BCUT2D eigenvalue weighted by Crippen LogP contribution is 2.03. The molecule has 3 N–H and O–H groups in total. The number of nitrogens with zero attached hydrogens (tertiary/aromatic N) is 1. The van der Waals surface area contributed by atoms with E-state index in [1.807, 2.05) is 13.8 Å². The number of ether oxygens (including phenoxy) is 1. The number of carboxylic acids is 1. The van der Waals surface area contributed by atoms with Crippen molar-refractivity contribution in [3.05, 3.63) is 0 Å². The van der Waals surface area contributed by atoms with Crippen molar-refractivity contribution < 1.29 is 19.4 Å². The summed E-state index contributed by atoms with van der Waals surface area (Å²) in [7, 11) is 1.54. The van der Waals surface area contributed by atoms with Crippen LogP contribution in [0, 0.1) is 0 Å². The summed E-state index contributed by atoms with van der Waals surface area (Å²) >= 11 is 0. The normalized spacial score (nSPS) is 12.6. The van der Waals surface area contributed by atoms with E-state index in [4.69, 9.17) is 15.6 Å². The summed E-state index contributed by atoms with van der Waals surface area (Å²) in [5, 5.41) is 8.55. The van der Waals surface area contributed by atoms with E-state index in [2.05, 4.69) is 0 Å². The van der Waals surface area contributed by atoms with Gasteiger partial charge in [-0.1, -0.05) is 0 Å². The van der Waals surface area contributed by atoms with Crippen molar-refractivity contribution in [2.24, 2.45) is 5.73 Å². The van der Waals surface area contributed by atoms with Gasteiger partial charge in [0.1, 0.15) is 0 Å². The van der Waals surface area contributed by atoms with Crippen molar-refractivity contribution in [1.29, 1.82) is 0 Å². The van der Waals surface area contributed by atoms with Crippen molar-refractivity contribution in [2.75, 3.05) is 20.3 Å². The van der Waals surface area contributed by atoms with Crippen LogP contribution < -0.4 is 5.73 Å². The number of hydrogen-bond donors (Lipinski definition) is 2. The molecule has 0 saturated carbocycles. The number of aliphatic carboxylic acids is 1. The first-order chi connectivity index (χ1) is 7.40. The molecule has 94 valence electrons. The molecule has 0 aromatic heterocycles. The third kappa shape index (κ3) is 5.09. The SMILES string of the molecule is COCCN(C(=O)C(N)CC(=O)O)C(C)C. The fourth-order valence-corrected chi connectivity index (χ4v) is 1.30. The van der Waals surface area contributed by atoms with E-state index in [0.717, 1.165) is 0 Å². The molecule has 1 atom stereocenters. The first kappa shape index (κ1) is 14.9. The Balaban J connectivity index is 4.41. The number of nitrogens with two attached hydrogens (primary N) is 1. The number of carboxylic acid groups (broad SMARTS) is 1. The zero-order valence-electron chi connectivity index (χ0n) is 9.97. The molecule has 6 heteroatoms. The van der Waals surface area contributed by atoms with Crippen LogP contribution in [0.3, 0.4) is 0 Å². The average Bonchev–Trinajstić information content (AvgIpc) is 2.16. The maximum atomic E-state index is 11.8. The molecule has 0 heterocycles. The van der Waals surface area contributed by atoms with Crippen LogP contribution in [0.2, 0.25) is 0 Å². The Hall–Kier alpha value is -1.14. The summed E-state index contributed by atoms with van der Waals surface area (Å²) < 4.78 is 4.88. The fraction of sp³-hybridized carbons (Fsp3) is 0.800. The molecule has 6 nitrogen and oxygen atoms in total. The Morgan fingerprint density at radius 3 is 2.38 bits per heavy atom. The van der Waals surface area contributed by atoms with E-state index in [9.17, 15) is 9.59 Å². The first-order valence-corrected chi connectivity index (χ1v) is 5.17. The molecule has 16 heavy (non-hydrogen) atoms. The molecular weight excluding hydrogens is 212 g/mol. The topological polar surface area (TPSA) is 92.9 Å². The summed E-state index contributed by atoms with van der Waals surface area (Å²) in [6.45, 7) is 4.52. The second kappa shape index (κ2) is 7.19. The lowest BCUT2D eigenvalue weighted by atomic mass is 10.1. The number of carbonyl (C=O) groups is 2. The lowest BCUT2D eigenvalue weighted by molar-refractivity contribution is -0.143. The molecule has 0 aliphatic carbocycles. The predicted molar refractivity (Wildman–Crippen MR) is 59.0 cm³/mol. The van der Waals surface area contributed by atoms with Gasteiger partial charge in [-0.2, -0.15) is 0 Å². The summed E-state index contributed by atoms with van der Waals surface area (Å²) in [5.74, 6) is -1.43. The molecule has 0 saturated heterocycles. The van der Waals surface area contributed by atoms with Gasteiger partial charge in [-0.3, -0.25) is 9.59 Å². The smallest absolute Gasteiger partial charge is 0.305 e. The number of amides is 1. The molecule has 0 aromatic carbocycles. The molecule has 1 amide bonds. The lowest BCUT2D eigenvalue weighted by Gasteiger charge is -2.28. The highest BCUT2D eigenvalue weighted by atomic mass is 16.5. The van der Waals surface area contributed by atoms with E-state index in [0.29, 0.717) is 13.2 Å². The molecule has 1 unspecified atom stereocenters. The van der Waals surface area contributed by atoms with E-state index < -0.39 is 12.0 Å². The molecule has 0 rings (SSSR count). The molecule has 0 spiro atoms. The molecule has 0 aliphatic rings. The monoisotopic (exact) mass is 232 g/mol. The molecule has 0 radical (unpaired) electrons. The van der Waals surface area contributed by atoms with Gasteiger partial charge in [-0.15, -0.1) is 0 Å². The molecule has 0 aliphatic heterocycles. The minimum absolute atomic E-state index is 0.0255. The largest absolute Gasteiger partial charge is 0.481 e. The maximum Gasteiger partial charge on any atom is 0.305 e. The van der Waals surface area contributed by atoms with Gasteiger partial charge in [0.05, 0.1) is 19.1 Å². The van der Waals surface area contributed by atoms with Crippen LogP contribution in [-0.4, -0.2) is 54.2 Å². The summed E-state index contributed by atoms with van der Waals surface area (Å²) in [6.07, 6.45) is -0.352. The van der Waals surface area contributed by atoms with Gasteiger partial charge in [-0.05, 0) is 13.8 Å². The summed E-state index contributed by atoms with van der Waals surface area (Å²) in [5.41, 5.74) is 5.52. The second-order valence-electron chi connectivity index (χ2n) is 3.82. The number of carbonyl (C=O) groups excluding carboxylic acids is 1. The van der Waals surface area contributed by atoms with Crippen molar-refractivity contribution in [3.8, 4) is 0 Å². The van der Waals surface area contributed by atoms with Gasteiger partial charge >= 0.3 is 5.97 Å². The third-order valence-corrected chi connectivity index (χ3v) is 2.15. The van der Waals surface area contributed by atoms with Crippen LogP contribution in [0.4, 0.5) is 0 Å². The minimum Gasteiger partial charge on any atom is -0.481 e. The Morgan fingerprint density at radius 1 is 1.44 bits per heavy atom. The number of rotatable bonds is 7. The molecule has 0 aromatic rings. The summed E-state index contributed by atoms with van der Waals surface area (Å²) in [4.78, 5) is 23.8. The van der Waals surface area contributed by atoms with E-state index in [1.165, 1.54) is 4.90 Å². The van der Waals surface area contributed by atoms with Gasteiger partial charge < -0.3 is 20.5 Å². The highest BCUT2D eigenvalue weighted by Gasteiger charge is 2.24. The Morgan fingerprint density at radius 2 is 2.00 bits per heavy atom. The van der Waals surface area contributed by atoms with E-state index in [1.54, 1.807) is 7.11 Å². The van der Waals surface area contributed by atoms with E-state index in [-0.39, 0.29) is 18.4 Å². The number of methoxy groups -OCH3 is 1. The Bertz CT molecular complexity index is 243. The van der Waals surface area contributed by atoms with E-state index >= 15 is 0 Å². The lowest BCUT2D eigenvalue weighted by Crippen LogP contribution is -2.48. The van der Waals surface area contributed by atoms with Gasteiger partial charge in [0.25, 0.3) is 0 Å². The standard InChI is InChI=1S/C10H20N2O4/c1-7(2)12(4-5-16-3)10(15)8(11)6-9(13)14/h7-8H,4-6,11H2,1-3H3,(H,13,14). The molecule has 0 bridgehead atoms. The van der Waals surface area contributed by atoms with Crippen molar-refractivity contribution >= 4 is 11.9 Å². The molecule has 0 fully saturated rings. The number of hydrogen-bond acceptors (Lipinski definition) is 4. The minimum atomic E-state index is -1.07. The van der Waals surface area contributed by atoms with Gasteiger partial charge in [0, 0.05) is 19.7 Å². The van der Waals surface area contributed by atoms with Crippen LogP contribution in [0.15, 0.2) is 0 Å². The quantitative estimate of drug-likeness (QED) is 0.627. The molecular formula is C10H20N2O4. The maximum absolute atomic E-state index is 11.8. The second-order valence-corrected chi connectivity index (χ2v) is 3.82. The fourth-order valence-electron chi connectivity index (χ4n) is 1.30. The van der Waals surface area contributed by atoms with Crippen molar-refractivity contribution in [3.63, 3.8) is 0 Å². The zero-order valence-corrected chi connectivity index (χ0v) is 9.97. The predicted octanol–water partition coefficient (Wildman–Crippen LogP) is -0.328. The van der Waals surface area contributed by atoms with Crippen LogP contribution >= 0.6 is 0 Å². The first-order valence-electron chi connectivity index (χ1n) is 5.17.